The zero-order valence-corrected chi connectivity index (χ0v) is 14.0. The van der Waals surface area contributed by atoms with Gasteiger partial charge >= 0.3 is 0 Å². The summed E-state index contributed by atoms with van der Waals surface area (Å²) in [5.41, 5.74) is 1.43. The second-order valence-corrected chi connectivity index (χ2v) is 6.30. The highest BCUT2D eigenvalue weighted by Gasteiger charge is 2.13. The number of hydrogen-bond acceptors (Lipinski definition) is 3. The molecule has 0 saturated heterocycles. The van der Waals surface area contributed by atoms with Gasteiger partial charge in [-0.3, -0.25) is 0 Å². The fourth-order valence-electron chi connectivity index (χ4n) is 1.67. The van der Waals surface area contributed by atoms with E-state index in [9.17, 15) is 5.11 Å². The minimum atomic E-state index is -0.482. The van der Waals surface area contributed by atoms with Crippen LogP contribution in [0.4, 0.5) is 0 Å². The summed E-state index contributed by atoms with van der Waals surface area (Å²) in [5.74, 6) is 0.802. The number of halogens is 1. The lowest BCUT2D eigenvalue weighted by Crippen LogP contribution is -2.35. The number of rotatable bonds is 6. The molecule has 0 aromatic heterocycles. The Morgan fingerprint density at radius 2 is 1.70 bits per heavy atom. The predicted molar refractivity (Wildman–Crippen MR) is 87.0 cm³/mol. The average Bonchev–Trinajstić information content (AvgIpc) is 2.33. The highest BCUT2D eigenvalue weighted by molar-refractivity contribution is 5.85. The first kappa shape index (κ1) is 19.2. The third-order valence-electron chi connectivity index (χ3n) is 2.92. The number of nitrogens with one attached hydrogen (secondary N) is 1. The third-order valence-corrected chi connectivity index (χ3v) is 2.92. The van der Waals surface area contributed by atoms with Gasteiger partial charge in [-0.05, 0) is 23.1 Å². The van der Waals surface area contributed by atoms with Crippen LogP contribution in [0.1, 0.15) is 40.2 Å². The second-order valence-electron chi connectivity index (χ2n) is 6.30. The summed E-state index contributed by atoms with van der Waals surface area (Å²) in [5, 5.41) is 12.9. The van der Waals surface area contributed by atoms with E-state index in [0.717, 1.165) is 5.75 Å². The van der Waals surface area contributed by atoms with Crippen LogP contribution in [0.5, 0.6) is 5.75 Å². The number of aliphatic hydroxyl groups is 1. The number of ether oxygens (including phenoxy) is 1. The molecule has 0 heterocycles. The van der Waals surface area contributed by atoms with E-state index in [0.29, 0.717) is 19.2 Å². The van der Waals surface area contributed by atoms with Crippen molar-refractivity contribution in [2.24, 2.45) is 0 Å². The van der Waals surface area contributed by atoms with Gasteiger partial charge in [0.25, 0.3) is 0 Å². The molecule has 0 bridgehead atoms. The number of benzene rings is 1. The smallest absolute Gasteiger partial charge is 0.119 e. The van der Waals surface area contributed by atoms with E-state index < -0.39 is 6.10 Å². The standard InChI is InChI=1S/C16H27NO2.ClH/c1-12(2)17-10-14(18)11-19-15-8-6-13(7-9-15)16(3,4)5;/h6-9,12,14,17-18H,10-11H2,1-5H3;1H. The van der Waals surface area contributed by atoms with Gasteiger partial charge in [0.2, 0.25) is 0 Å². The topological polar surface area (TPSA) is 41.5 Å². The van der Waals surface area contributed by atoms with Gasteiger partial charge < -0.3 is 15.2 Å². The fraction of sp³-hybridized carbons (Fsp3) is 0.625. The van der Waals surface area contributed by atoms with Gasteiger partial charge in [-0.2, -0.15) is 0 Å². The number of aliphatic hydroxyl groups excluding tert-OH is 1. The molecule has 1 aromatic rings. The molecule has 0 amide bonds. The van der Waals surface area contributed by atoms with Crippen LogP contribution in [0.2, 0.25) is 0 Å². The normalized spacial score (nSPS) is 12.9. The van der Waals surface area contributed by atoms with Crippen LogP contribution in [-0.2, 0) is 5.41 Å². The Morgan fingerprint density at radius 3 is 2.15 bits per heavy atom. The molecule has 1 atom stereocenters. The van der Waals surface area contributed by atoms with Gasteiger partial charge in [0.1, 0.15) is 18.5 Å². The molecule has 20 heavy (non-hydrogen) atoms. The van der Waals surface area contributed by atoms with Crippen LogP contribution >= 0.6 is 12.4 Å². The molecule has 2 N–H and O–H groups in total. The zero-order valence-electron chi connectivity index (χ0n) is 13.1. The van der Waals surface area contributed by atoms with E-state index in [1.807, 2.05) is 12.1 Å². The summed E-state index contributed by atoms with van der Waals surface area (Å²) >= 11 is 0. The van der Waals surface area contributed by atoms with E-state index in [4.69, 9.17) is 4.74 Å². The van der Waals surface area contributed by atoms with Crippen LogP contribution in [0.25, 0.3) is 0 Å². The van der Waals surface area contributed by atoms with E-state index in [2.05, 4.69) is 52.1 Å². The first-order chi connectivity index (χ1) is 8.79. The van der Waals surface area contributed by atoms with Crippen LogP contribution < -0.4 is 10.1 Å². The van der Waals surface area contributed by atoms with Gasteiger partial charge in [0, 0.05) is 12.6 Å². The first-order valence-electron chi connectivity index (χ1n) is 6.94. The van der Waals surface area contributed by atoms with Crippen molar-refractivity contribution in [3.8, 4) is 5.75 Å². The van der Waals surface area contributed by atoms with Crippen molar-refractivity contribution >= 4 is 12.4 Å². The summed E-state index contributed by atoms with van der Waals surface area (Å²) in [6, 6.07) is 8.45. The molecular formula is C16H28ClNO2. The van der Waals surface area contributed by atoms with Crippen molar-refractivity contribution in [2.45, 2.75) is 52.2 Å². The Bertz CT molecular complexity index is 371. The van der Waals surface area contributed by atoms with Crippen molar-refractivity contribution in [3.05, 3.63) is 29.8 Å². The van der Waals surface area contributed by atoms with E-state index >= 15 is 0 Å². The van der Waals surface area contributed by atoms with Crippen molar-refractivity contribution in [1.82, 2.24) is 5.32 Å². The second kappa shape index (κ2) is 8.50. The van der Waals surface area contributed by atoms with Crippen molar-refractivity contribution < 1.29 is 9.84 Å². The lowest BCUT2D eigenvalue weighted by atomic mass is 9.87. The summed E-state index contributed by atoms with van der Waals surface area (Å²) in [6.45, 7) is 11.5. The van der Waals surface area contributed by atoms with Crippen molar-refractivity contribution in [3.63, 3.8) is 0 Å². The molecular weight excluding hydrogens is 274 g/mol. The van der Waals surface area contributed by atoms with Crippen LogP contribution in [0.15, 0.2) is 24.3 Å². The molecule has 0 spiro atoms. The summed E-state index contributed by atoms with van der Waals surface area (Å²) in [6.07, 6.45) is -0.482. The van der Waals surface area contributed by atoms with Crippen LogP contribution in [0, 0.1) is 0 Å². The highest BCUT2D eigenvalue weighted by Crippen LogP contribution is 2.24. The van der Waals surface area contributed by atoms with E-state index in [1.165, 1.54) is 5.56 Å². The summed E-state index contributed by atoms with van der Waals surface area (Å²) in [7, 11) is 0. The van der Waals surface area contributed by atoms with Gasteiger partial charge in [-0.15, -0.1) is 12.4 Å². The fourth-order valence-corrected chi connectivity index (χ4v) is 1.67. The maximum atomic E-state index is 9.76. The molecule has 4 heteroatoms. The Kier molecular flexibility index (Phi) is 8.17. The highest BCUT2D eigenvalue weighted by atomic mass is 35.5. The molecule has 0 aliphatic heterocycles. The molecule has 0 aliphatic carbocycles. The lowest BCUT2D eigenvalue weighted by molar-refractivity contribution is 0.104. The molecule has 0 fully saturated rings. The first-order valence-corrected chi connectivity index (χ1v) is 6.94. The van der Waals surface area contributed by atoms with E-state index in [1.54, 1.807) is 0 Å². The van der Waals surface area contributed by atoms with Crippen LogP contribution in [0.3, 0.4) is 0 Å². The lowest BCUT2D eigenvalue weighted by Gasteiger charge is -2.19. The number of hydrogen-bond donors (Lipinski definition) is 2. The van der Waals surface area contributed by atoms with Gasteiger partial charge in [-0.25, -0.2) is 0 Å². The minimum absolute atomic E-state index is 0. The maximum Gasteiger partial charge on any atom is 0.119 e. The Balaban J connectivity index is 0.00000361. The Morgan fingerprint density at radius 1 is 1.15 bits per heavy atom. The molecule has 0 aliphatic rings. The van der Waals surface area contributed by atoms with Gasteiger partial charge in [0.05, 0.1) is 0 Å². The molecule has 0 saturated carbocycles. The summed E-state index contributed by atoms with van der Waals surface area (Å²) in [4.78, 5) is 0. The minimum Gasteiger partial charge on any atom is -0.491 e. The Labute approximate surface area is 129 Å². The largest absolute Gasteiger partial charge is 0.491 e. The molecule has 1 rings (SSSR count). The third kappa shape index (κ3) is 7.13. The SMILES string of the molecule is CC(C)NCC(O)COc1ccc(C(C)(C)C)cc1.Cl. The monoisotopic (exact) mass is 301 g/mol. The quantitative estimate of drug-likeness (QED) is 0.848. The zero-order chi connectivity index (χ0) is 14.5. The molecule has 116 valence electrons. The molecule has 0 radical (unpaired) electrons. The molecule has 1 unspecified atom stereocenters. The predicted octanol–water partition coefficient (Wildman–Crippen LogP) is 3.14. The van der Waals surface area contributed by atoms with Gasteiger partial charge in [0.15, 0.2) is 0 Å². The molecule has 3 nitrogen and oxygen atoms in total. The van der Waals surface area contributed by atoms with E-state index in [-0.39, 0.29) is 17.8 Å². The Hall–Kier alpha value is -0.770. The van der Waals surface area contributed by atoms with Crippen molar-refractivity contribution in [2.75, 3.05) is 13.2 Å². The van der Waals surface area contributed by atoms with Crippen LogP contribution in [-0.4, -0.2) is 30.4 Å². The summed E-state index contributed by atoms with van der Waals surface area (Å²) < 4.78 is 5.58. The average molecular weight is 302 g/mol. The maximum absolute atomic E-state index is 9.76. The van der Waals surface area contributed by atoms with Crippen molar-refractivity contribution in [1.29, 1.82) is 0 Å². The molecule has 1 aromatic carbocycles. The van der Waals surface area contributed by atoms with Gasteiger partial charge in [-0.1, -0.05) is 46.8 Å².